The van der Waals surface area contributed by atoms with Gasteiger partial charge in [-0.15, -0.1) is 0 Å². The zero-order chi connectivity index (χ0) is 15.4. The minimum atomic E-state index is -0.429. The number of aliphatic hydroxyl groups is 1. The molecule has 3 unspecified atom stereocenters. The van der Waals surface area contributed by atoms with Crippen LogP contribution >= 0.6 is 0 Å². The maximum atomic E-state index is 10.3. The number of β-amino-alcohol motifs (C(OH)–C–C–N with tert-alkyl or cyclic N) is 1. The van der Waals surface area contributed by atoms with Crippen molar-refractivity contribution in [2.24, 2.45) is 11.8 Å². The molecule has 1 aliphatic heterocycles. The molecule has 0 bridgehead atoms. The van der Waals surface area contributed by atoms with E-state index in [0.717, 1.165) is 41.8 Å². The molecule has 1 heterocycles. The number of para-hydroxylation sites is 1. The van der Waals surface area contributed by atoms with Crippen LogP contribution in [0.4, 0.5) is 0 Å². The van der Waals surface area contributed by atoms with E-state index in [1.165, 1.54) is 6.42 Å². The fourth-order valence-corrected chi connectivity index (χ4v) is 3.50. The van der Waals surface area contributed by atoms with Crippen LogP contribution < -0.4 is 4.74 Å². The summed E-state index contributed by atoms with van der Waals surface area (Å²) in [4.78, 5) is 2.37. The zero-order valence-corrected chi connectivity index (χ0v) is 13.8. The Balaban J connectivity index is 1.83. The Labute approximate surface area is 128 Å². The van der Waals surface area contributed by atoms with Crippen LogP contribution in [-0.2, 0) is 0 Å². The van der Waals surface area contributed by atoms with Crippen molar-refractivity contribution in [2.75, 3.05) is 26.2 Å². The number of aryl methyl sites for hydroxylation is 2. The van der Waals surface area contributed by atoms with Gasteiger partial charge in [0, 0.05) is 19.6 Å². The van der Waals surface area contributed by atoms with Crippen molar-refractivity contribution in [1.82, 2.24) is 4.90 Å². The lowest BCUT2D eigenvalue weighted by molar-refractivity contribution is 0.0426. The lowest BCUT2D eigenvalue weighted by Crippen LogP contribution is -2.44. The predicted octanol–water partition coefficient (Wildman–Crippen LogP) is 3.02. The quantitative estimate of drug-likeness (QED) is 0.905. The van der Waals surface area contributed by atoms with Crippen molar-refractivity contribution in [3.8, 4) is 5.75 Å². The van der Waals surface area contributed by atoms with Gasteiger partial charge >= 0.3 is 0 Å². The third-order valence-corrected chi connectivity index (χ3v) is 4.24. The monoisotopic (exact) mass is 291 g/mol. The number of nitrogens with zero attached hydrogens (tertiary/aromatic N) is 1. The Kier molecular flexibility index (Phi) is 5.65. The molecule has 3 nitrogen and oxygen atoms in total. The first kappa shape index (κ1) is 16.3. The highest BCUT2D eigenvalue weighted by Crippen LogP contribution is 2.23. The van der Waals surface area contributed by atoms with Crippen LogP contribution in [0.2, 0.25) is 0 Å². The third kappa shape index (κ3) is 4.72. The number of likely N-dealkylation sites (tertiary alicyclic amines) is 1. The fourth-order valence-electron chi connectivity index (χ4n) is 3.50. The number of ether oxygens (including phenoxy) is 1. The Morgan fingerprint density at radius 3 is 2.33 bits per heavy atom. The van der Waals surface area contributed by atoms with Crippen molar-refractivity contribution >= 4 is 0 Å². The van der Waals surface area contributed by atoms with Crippen molar-refractivity contribution < 1.29 is 9.84 Å². The maximum Gasteiger partial charge on any atom is 0.125 e. The smallest absolute Gasteiger partial charge is 0.125 e. The summed E-state index contributed by atoms with van der Waals surface area (Å²) >= 11 is 0. The molecule has 21 heavy (non-hydrogen) atoms. The van der Waals surface area contributed by atoms with E-state index in [0.29, 0.717) is 13.2 Å². The van der Waals surface area contributed by atoms with Crippen LogP contribution in [0.15, 0.2) is 18.2 Å². The first-order valence-electron chi connectivity index (χ1n) is 8.05. The molecule has 0 aromatic heterocycles. The van der Waals surface area contributed by atoms with Gasteiger partial charge in [-0.05, 0) is 43.2 Å². The topological polar surface area (TPSA) is 32.7 Å². The van der Waals surface area contributed by atoms with Gasteiger partial charge in [-0.1, -0.05) is 32.0 Å². The normalized spacial score (nSPS) is 24.8. The Hall–Kier alpha value is -1.06. The van der Waals surface area contributed by atoms with Crippen LogP contribution in [0.25, 0.3) is 0 Å². The van der Waals surface area contributed by atoms with E-state index < -0.39 is 6.10 Å². The summed E-state index contributed by atoms with van der Waals surface area (Å²) < 4.78 is 5.85. The van der Waals surface area contributed by atoms with E-state index in [1.54, 1.807) is 0 Å². The fraction of sp³-hybridized carbons (Fsp3) is 0.667. The first-order valence-corrected chi connectivity index (χ1v) is 8.05. The van der Waals surface area contributed by atoms with Crippen LogP contribution in [0.5, 0.6) is 5.75 Å². The van der Waals surface area contributed by atoms with Crippen molar-refractivity contribution in [3.05, 3.63) is 29.3 Å². The predicted molar refractivity (Wildman–Crippen MR) is 86.8 cm³/mol. The van der Waals surface area contributed by atoms with Crippen molar-refractivity contribution in [1.29, 1.82) is 0 Å². The molecule has 0 saturated carbocycles. The van der Waals surface area contributed by atoms with Gasteiger partial charge in [0.05, 0.1) is 0 Å². The van der Waals surface area contributed by atoms with Gasteiger partial charge in [-0.2, -0.15) is 0 Å². The molecule has 1 saturated heterocycles. The van der Waals surface area contributed by atoms with E-state index in [2.05, 4.69) is 18.7 Å². The van der Waals surface area contributed by atoms with Gasteiger partial charge in [0.25, 0.3) is 0 Å². The van der Waals surface area contributed by atoms with Gasteiger partial charge in [-0.3, -0.25) is 0 Å². The largest absolute Gasteiger partial charge is 0.490 e. The first-order chi connectivity index (χ1) is 9.95. The highest BCUT2D eigenvalue weighted by atomic mass is 16.5. The lowest BCUT2D eigenvalue weighted by atomic mass is 9.92. The molecule has 1 N–H and O–H groups in total. The molecule has 0 aliphatic carbocycles. The minimum Gasteiger partial charge on any atom is -0.490 e. The number of hydrogen-bond donors (Lipinski definition) is 1. The average molecular weight is 291 g/mol. The Morgan fingerprint density at radius 2 is 1.76 bits per heavy atom. The number of piperidine rings is 1. The maximum absolute atomic E-state index is 10.3. The summed E-state index contributed by atoms with van der Waals surface area (Å²) in [6, 6.07) is 6.12. The Morgan fingerprint density at radius 1 is 1.19 bits per heavy atom. The molecule has 3 atom stereocenters. The number of benzene rings is 1. The second-order valence-corrected chi connectivity index (χ2v) is 6.85. The van der Waals surface area contributed by atoms with Gasteiger partial charge in [0.2, 0.25) is 0 Å². The summed E-state index contributed by atoms with van der Waals surface area (Å²) in [5.41, 5.74) is 2.25. The molecule has 0 amide bonds. The van der Waals surface area contributed by atoms with Gasteiger partial charge in [0.15, 0.2) is 0 Å². The van der Waals surface area contributed by atoms with Gasteiger partial charge < -0.3 is 14.7 Å². The summed E-state index contributed by atoms with van der Waals surface area (Å²) in [5, 5.41) is 10.3. The molecular formula is C18H29NO2. The van der Waals surface area contributed by atoms with E-state index in [1.807, 2.05) is 32.0 Å². The van der Waals surface area contributed by atoms with E-state index >= 15 is 0 Å². The van der Waals surface area contributed by atoms with E-state index in [-0.39, 0.29) is 0 Å². The summed E-state index contributed by atoms with van der Waals surface area (Å²) in [6.07, 6.45) is 0.868. The molecule has 0 spiro atoms. The second kappa shape index (κ2) is 7.28. The number of hydrogen-bond acceptors (Lipinski definition) is 3. The molecule has 118 valence electrons. The third-order valence-electron chi connectivity index (χ3n) is 4.24. The molecular weight excluding hydrogens is 262 g/mol. The standard InChI is InChI=1S/C18H29NO2/c1-13-8-14(2)10-19(9-13)11-17(20)12-21-18-15(3)6-5-7-16(18)4/h5-7,13-14,17,20H,8-12H2,1-4H3. The van der Waals surface area contributed by atoms with E-state index in [4.69, 9.17) is 4.74 Å². The summed E-state index contributed by atoms with van der Waals surface area (Å²) in [7, 11) is 0. The lowest BCUT2D eigenvalue weighted by Gasteiger charge is -2.36. The van der Waals surface area contributed by atoms with Crippen molar-refractivity contribution in [3.63, 3.8) is 0 Å². The van der Waals surface area contributed by atoms with Crippen molar-refractivity contribution in [2.45, 2.75) is 40.2 Å². The SMILES string of the molecule is Cc1cccc(C)c1OCC(O)CN1CC(C)CC(C)C1. The van der Waals surface area contributed by atoms with Crippen LogP contribution in [0.1, 0.15) is 31.4 Å². The van der Waals surface area contributed by atoms with Crippen LogP contribution in [-0.4, -0.2) is 42.4 Å². The molecule has 0 radical (unpaired) electrons. The highest BCUT2D eigenvalue weighted by Gasteiger charge is 2.23. The number of aliphatic hydroxyl groups excluding tert-OH is 1. The molecule has 1 aromatic rings. The summed E-state index contributed by atoms with van der Waals surface area (Å²) in [6.45, 7) is 11.9. The number of rotatable bonds is 5. The molecule has 1 aliphatic rings. The minimum absolute atomic E-state index is 0.366. The zero-order valence-electron chi connectivity index (χ0n) is 13.8. The molecule has 3 heteroatoms. The molecule has 1 aromatic carbocycles. The van der Waals surface area contributed by atoms with Gasteiger partial charge in [-0.25, -0.2) is 0 Å². The average Bonchev–Trinajstić information content (AvgIpc) is 2.36. The molecule has 2 rings (SSSR count). The second-order valence-electron chi connectivity index (χ2n) is 6.85. The van der Waals surface area contributed by atoms with E-state index in [9.17, 15) is 5.11 Å². The molecule has 1 fully saturated rings. The van der Waals surface area contributed by atoms with Crippen LogP contribution in [0.3, 0.4) is 0 Å². The van der Waals surface area contributed by atoms with Crippen LogP contribution in [0, 0.1) is 25.7 Å². The highest BCUT2D eigenvalue weighted by molar-refractivity contribution is 5.39. The Bertz CT molecular complexity index is 430. The summed E-state index contributed by atoms with van der Waals surface area (Å²) in [5.74, 6) is 2.36. The van der Waals surface area contributed by atoms with Gasteiger partial charge in [0.1, 0.15) is 18.5 Å².